The van der Waals surface area contributed by atoms with Crippen LogP contribution in [0.5, 0.6) is 0 Å². The molecular weight excluding hydrogens is 1100 g/mol. The van der Waals surface area contributed by atoms with Crippen molar-refractivity contribution in [2.24, 2.45) is 23.1 Å². The molecule has 28 nitrogen and oxygen atoms in total. The molecule has 9 atom stereocenters. The number of esters is 1. The summed E-state index contributed by atoms with van der Waals surface area (Å²) in [7, 11) is 0.291. The summed E-state index contributed by atoms with van der Waals surface area (Å²) < 4.78 is 36.9. The first kappa shape index (κ1) is 65.3. The van der Waals surface area contributed by atoms with Crippen molar-refractivity contribution < 1.29 is 76.7 Å². The zero-order valence-electron chi connectivity index (χ0n) is 42.8. The molecule has 4 aromatic rings. The quantitative estimate of drug-likeness (QED) is 0.0148. The van der Waals surface area contributed by atoms with Crippen molar-refractivity contribution in [1.82, 2.24) is 56.5 Å². The number of anilines is 1. The lowest BCUT2D eigenvalue weighted by molar-refractivity contribution is -0.344. The van der Waals surface area contributed by atoms with Crippen LogP contribution < -0.4 is 54.6 Å². The van der Waals surface area contributed by atoms with Crippen LogP contribution >= 0.6 is 22.7 Å². The van der Waals surface area contributed by atoms with Crippen LogP contribution in [0.15, 0.2) is 23.3 Å². The molecule has 0 radical (unpaired) electrons. The Bertz CT molecular complexity index is 2700. The Morgan fingerprint density at radius 1 is 0.910 bits per heavy atom. The molecule has 0 saturated carbocycles. The average molecular weight is 1160 g/mol. The highest BCUT2D eigenvalue weighted by molar-refractivity contribution is 7.95. The number of halogens is 3. The van der Waals surface area contributed by atoms with E-state index in [-0.39, 0.29) is 59.8 Å². The number of carboxylic acid groups (broad SMARTS) is 1. The van der Waals surface area contributed by atoms with Gasteiger partial charge >= 0.3 is 12.1 Å². The van der Waals surface area contributed by atoms with Gasteiger partial charge in [0.25, 0.3) is 11.8 Å². The fourth-order valence-electron chi connectivity index (χ4n) is 6.51. The maximum atomic E-state index is 13.9. The number of hydrogen-bond acceptors (Lipinski definition) is 23. The van der Waals surface area contributed by atoms with E-state index in [0.29, 0.717) is 33.1 Å². The number of primary amides is 2. The van der Waals surface area contributed by atoms with Gasteiger partial charge in [0.15, 0.2) is 6.04 Å². The summed E-state index contributed by atoms with van der Waals surface area (Å²) in [6, 6.07) is -6.91. The smallest absolute Gasteiger partial charge is 0.430 e. The summed E-state index contributed by atoms with van der Waals surface area (Å²) in [4.78, 5) is 123. The molecule has 0 bridgehead atoms. The summed E-state index contributed by atoms with van der Waals surface area (Å²) in [5, 5.41) is 59.4. The number of nitrogens with one attached hydrogen (secondary N) is 6. The zero-order valence-corrected chi connectivity index (χ0v) is 45.2. The minimum Gasteiger partial charge on any atom is -0.542 e. The second-order valence-electron chi connectivity index (χ2n) is 17.5. The van der Waals surface area contributed by atoms with E-state index in [1.165, 1.54) is 62.9 Å². The standard InChI is InChI=1S/C42H61N15O11S3.C2HF3O2/c1-18-29(54-36(57-34(18)45)23(12-27(44)59)49-13-22(43)35(46)62)39(65)56-31(33(61)24-14-47-17-50-24)40(66)51-20(3)32(60)19(2)37(63)55-30(21(4)58)42(67)68-10-8-28-52-26(16-69-28)41-53-25(15-70-41)38(64)48-9-7-11-71(5)6;3-2(4,5)1(6)7/h14-17,19-23,30-33,49,58,60-61H,7-13,43H2,1-6H3,(H10-,44,45,46,47,48,50,51,54,55,56,57,59,62,63,64,65,66);(H,6,7)/t19-,20+,21+,22-,23-,30-,31-,32-,33-;/m0./s1. The van der Waals surface area contributed by atoms with Crippen molar-refractivity contribution >= 4 is 86.8 Å². The fraction of sp³-hybridized carbons (Fsp3) is 0.523. The van der Waals surface area contributed by atoms with E-state index >= 15 is 0 Å². The molecule has 0 aliphatic rings. The Morgan fingerprint density at radius 2 is 1.58 bits per heavy atom. The van der Waals surface area contributed by atoms with Crippen LogP contribution in [0.25, 0.3) is 10.7 Å². The summed E-state index contributed by atoms with van der Waals surface area (Å²) in [6.45, 7) is 5.46. The van der Waals surface area contributed by atoms with Gasteiger partial charge in [-0.05, 0) is 31.7 Å². The molecule has 0 aliphatic heterocycles. The number of aromatic amines is 1. The normalized spacial score (nSPS) is 14.9. The van der Waals surface area contributed by atoms with Gasteiger partial charge < -0.3 is 84.5 Å². The Labute approximate surface area is 454 Å². The number of carboxylic acids is 1. The molecule has 17 N–H and O–H groups in total. The number of thiazole rings is 2. The number of aliphatic hydroxyl groups is 3. The number of rotatable bonds is 28. The average Bonchev–Trinajstić information content (AvgIpc) is 4.19. The number of amides is 6. The lowest BCUT2D eigenvalue weighted by Gasteiger charge is -2.29. The zero-order chi connectivity index (χ0) is 58.8. The Balaban J connectivity index is 0.00000213. The molecule has 0 saturated heterocycles. The maximum Gasteiger partial charge on any atom is 0.430 e. The molecule has 0 aliphatic carbocycles. The van der Waals surface area contributed by atoms with Crippen LogP contribution in [0.4, 0.5) is 19.0 Å². The first-order chi connectivity index (χ1) is 36.4. The Hall–Kier alpha value is -6.95. The highest BCUT2D eigenvalue weighted by Crippen LogP contribution is 2.26. The van der Waals surface area contributed by atoms with Crippen LogP contribution in [-0.2, 0) is 50.8 Å². The SMILES string of the molecule is Cc1c(N)nc([C@H](CC(N)=O)NC[C@H](N)C(N)=O)nc1C(=O)N[C@H](C(=O)N[C@H](C)[C@@H](O)[C@H](C)C(=O)N[C@H](C(=O)OCCc1nc(-c2nc(C(=O)NCCC[S+](C)C)cs2)cs1)[C@@H](C)O)[C@@H](O)c1cnc[nH]1.O=C([O-])C(F)(F)F. The largest absolute Gasteiger partial charge is 0.542 e. The third-order valence-electron chi connectivity index (χ3n) is 11.0. The van der Waals surface area contributed by atoms with Gasteiger partial charge in [-0.15, -0.1) is 22.7 Å². The summed E-state index contributed by atoms with van der Waals surface area (Å²) in [5.41, 5.74) is 23.0. The number of imidazole rings is 1. The van der Waals surface area contributed by atoms with E-state index in [0.717, 1.165) is 12.2 Å². The second kappa shape index (κ2) is 30.3. The third-order valence-corrected chi connectivity index (χ3v) is 13.8. The molecule has 0 unspecified atom stereocenters. The van der Waals surface area contributed by atoms with E-state index in [1.54, 1.807) is 10.8 Å². The van der Waals surface area contributed by atoms with Crippen molar-refractivity contribution in [3.05, 3.63) is 56.8 Å². The Kier molecular flexibility index (Phi) is 25.4. The Morgan fingerprint density at radius 3 is 2.15 bits per heavy atom. The highest BCUT2D eigenvalue weighted by Gasteiger charge is 2.37. The van der Waals surface area contributed by atoms with E-state index in [4.69, 9.17) is 37.6 Å². The number of nitrogens with two attached hydrogens (primary N) is 4. The number of hydrogen-bond donors (Lipinski definition) is 13. The molecule has 6 amide bonds. The summed E-state index contributed by atoms with van der Waals surface area (Å²) in [6.07, 6.45) is -2.72. The third kappa shape index (κ3) is 20.1. The number of ether oxygens (including phenoxy) is 1. The summed E-state index contributed by atoms with van der Waals surface area (Å²) >= 11 is 2.56. The van der Waals surface area contributed by atoms with Crippen molar-refractivity contribution in [2.45, 2.75) is 102 Å². The van der Waals surface area contributed by atoms with E-state index < -0.39 is 109 Å². The molecule has 78 heavy (non-hydrogen) atoms. The van der Waals surface area contributed by atoms with Crippen molar-refractivity contribution in [2.75, 3.05) is 43.7 Å². The van der Waals surface area contributed by atoms with Crippen LogP contribution in [0.1, 0.15) is 88.8 Å². The lowest BCUT2D eigenvalue weighted by Crippen LogP contribution is -2.57. The first-order valence-corrected chi connectivity index (χ1v) is 27.2. The predicted octanol–water partition coefficient (Wildman–Crippen LogP) is -3.73. The van der Waals surface area contributed by atoms with Gasteiger partial charge in [0, 0.05) is 48.7 Å². The van der Waals surface area contributed by atoms with Crippen LogP contribution in [0.3, 0.4) is 0 Å². The minimum atomic E-state index is -5.19. The molecule has 4 aromatic heterocycles. The molecule has 4 heterocycles. The second-order valence-corrected chi connectivity index (χ2v) is 21.6. The monoisotopic (exact) mass is 1160 g/mol. The highest BCUT2D eigenvalue weighted by atomic mass is 32.2. The van der Waals surface area contributed by atoms with Gasteiger partial charge in [0.2, 0.25) is 23.6 Å². The number of aromatic nitrogens is 6. The van der Waals surface area contributed by atoms with Crippen molar-refractivity contribution in [3.63, 3.8) is 0 Å². The number of carbonyl (C=O) groups is 8. The molecule has 430 valence electrons. The minimum absolute atomic E-state index is 0.00511. The number of aliphatic carboxylic acids is 1. The number of carbonyl (C=O) groups excluding carboxylic acids is 8. The molecule has 34 heteroatoms. The number of alkyl halides is 3. The first-order valence-electron chi connectivity index (χ1n) is 23.2. The topological polar surface area (TPSA) is 474 Å². The number of nitrogens with zero attached hydrogens (tertiary/aromatic N) is 5. The van der Waals surface area contributed by atoms with Gasteiger partial charge in [-0.3, -0.25) is 28.8 Å². The molecule has 4 rings (SSSR count). The predicted molar refractivity (Wildman–Crippen MR) is 274 cm³/mol. The van der Waals surface area contributed by atoms with Crippen LogP contribution in [0.2, 0.25) is 0 Å². The number of nitrogen functional groups attached to an aromatic ring is 1. The van der Waals surface area contributed by atoms with E-state index in [2.05, 4.69) is 69.0 Å². The molecule has 0 spiro atoms. The molecule has 0 aromatic carbocycles. The van der Waals surface area contributed by atoms with E-state index in [1.807, 2.05) is 0 Å². The van der Waals surface area contributed by atoms with Gasteiger partial charge in [-0.25, -0.2) is 29.7 Å². The van der Waals surface area contributed by atoms with Crippen molar-refractivity contribution in [1.29, 1.82) is 0 Å². The van der Waals surface area contributed by atoms with Gasteiger partial charge in [-0.2, -0.15) is 13.2 Å². The molecular formula is C44H62F3N15O13S3. The summed E-state index contributed by atoms with van der Waals surface area (Å²) in [5.74, 6) is -9.61. The number of H-pyrrole nitrogens is 1. The molecule has 0 fully saturated rings. The number of aliphatic hydroxyl groups excluding tert-OH is 3. The van der Waals surface area contributed by atoms with Gasteiger partial charge in [0.05, 0.1) is 78.6 Å². The van der Waals surface area contributed by atoms with E-state index in [9.17, 15) is 62.1 Å². The van der Waals surface area contributed by atoms with Gasteiger partial charge in [0.1, 0.15) is 57.6 Å². The maximum absolute atomic E-state index is 13.9. The van der Waals surface area contributed by atoms with Gasteiger partial charge in [-0.1, -0.05) is 6.92 Å². The van der Waals surface area contributed by atoms with Crippen LogP contribution in [-0.4, -0.2) is 173 Å². The fourth-order valence-corrected chi connectivity index (χ4v) is 8.83. The van der Waals surface area contributed by atoms with Crippen molar-refractivity contribution in [3.8, 4) is 10.7 Å². The lowest BCUT2D eigenvalue weighted by atomic mass is 9.96. The van der Waals surface area contributed by atoms with Crippen LogP contribution in [0, 0.1) is 12.8 Å².